The third-order valence-corrected chi connectivity index (χ3v) is 5.99. The molecule has 3 aromatic rings. The Kier molecular flexibility index (Phi) is 6.76. The maximum Gasteiger partial charge on any atom is 0.332 e. The molecule has 0 bridgehead atoms. The van der Waals surface area contributed by atoms with Crippen LogP contribution in [0.5, 0.6) is 5.75 Å². The summed E-state index contributed by atoms with van der Waals surface area (Å²) < 4.78 is 8.79. The van der Waals surface area contributed by atoms with Gasteiger partial charge in [0, 0.05) is 31.8 Å². The zero-order chi connectivity index (χ0) is 23.5. The Balaban J connectivity index is 1.76. The first-order valence-corrected chi connectivity index (χ1v) is 11.3. The van der Waals surface area contributed by atoms with Crippen LogP contribution in [0.4, 0.5) is 11.5 Å². The lowest BCUT2D eigenvalue weighted by Crippen LogP contribution is -2.43. The summed E-state index contributed by atoms with van der Waals surface area (Å²) in [6, 6.07) is 15.1. The number of fused-ring (bicyclic) bond motifs is 1. The van der Waals surface area contributed by atoms with Crippen molar-refractivity contribution in [1.29, 1.82) is 0 Å². The summed E-state index contributed by atoms with van der Waals surface area (Å²) in [6.45, 7) is 2.47. The van der Waals surface area contributed by atoms with Gasteiger partial charge >= 0.3 is 5.69 Å². The number of aromatic nitrogens is 2. The molecule has 1 aliphatic heterocycles. The molecule has 1 aliphatic rings. The molecule has 0 amide bonds. The molecule has 174 valence electrons. The summed E-state index contributed by atoms with van der Waals surface area (Å²) in [6.07, 6.45) is 0.531. The van der Waals surface area contributed by atoms with E-state index in [0.29, 0.717) is 35.2 Å². The number of hydrogen-bond donors (Lipinski definition) is 2. The molecule has 0 fully saturated rings. The summed E-state index contributed by atoms with van der Waals surface area (Å²) in [7, 11) is 1.61. The highest BCUT2D eigenvalue weighted by Crippen LogP contribution is 2.33. The second kappa shape index (κ2) is 9.72. The number of aryl methyl sites for hydroxylation is 1. The minimum Gasteiger partial charge on any atom is -0.452 e. The van der Waals surface area contributed by atoms with Crippen LogP contribution in [0, 0.1) is 0 Å². The Morgan fingerprint density at radius 1 is 1.06 bits per heavy atom. The number of nitrogens with zero attached hydrogens (tertiary/aromatic N) is 3. The van der Waals surface area contributed by atoms with Gasteiger partial charge < -0.3 is 20.1 Å². The average molecular weight is 471 g/mol. The van der Waals surface area contributed by atoms with Crippen LogP contribution in [0.2, 0.25) is 5.02 Å². The molecule has 33 heavy (non-hydrogen) atoms. The largest absolute Gasteiger partial charge is 0.452 e. The van der Waals surface area contributed by atoms with Crippen LogP contribution in [0.25, 0.3) is 0 Å². The van der Waals surface area contributed by atoms with Crippen molar-refractivity contribution in [2.75, 3.05) is 16.8 Å². The van der Waals surface area contributed by atoms with Gasteiger partial charge in [0.1, 0.15) is 17.3 Å². The fourth-order valence-electron chi connectivity index (χ4n) is 3.89. The second-order valence-corrected chi connectivity index (χ2v) is 8.38. The maximum atomic E-state index is 13.4. The molecular weight excluding hydrogens is 444 g/mol. The number of ether oxygens (including phenoxy) is 1. The minimum absolute atomic E-state index is 0.112. The maximum absolute atomic E-state index is 13.4. The van der Waals surface area contributed by atoms with Gasteiger partial charge in [-0.05, 0) is 48.2 Å². The van der Waals surface area contributed by atoms with Gasteiger partial charge in [0.15, 0.2) is 0 Å². The van der Waals surface area contributed by atoms with E-state index in [2.05, 4.69) is 12.2 Å². The van der Waals surface area contributed by atoms with Crippen LogP contribution in [0.15, 0.2) is 58.1 Å². The Hall–Kier alpha value is -3.23. The summed E-state index contributed by atoms with van der Waals surface area (Å²) in [5.74, 6) is 1.04. The van der Waals surface area contributed by atoms with Crippen molar-refractivity contribution in [3.8, 4) is 5.75 Å². The predicted octanol–water partition coefficient (Wildman–Crippen LogP) is 2.94. The first-order chi connectivity index (χ1) is 15.9. The normalized spacial score (nSPS) is 14.8. The average Bonchev–Trinajstić information content (AvgIpc) is 3.17. The van der Waals surface area contributed by atoms with Crippen molar-refractivity contribution >= 4 is 23.1 Å². The second-order valence-electron chi connectivity index (χ2n) is 7.94. The number of nitrogens with one attached hydrogen (secondary N) is 1. The third kappa shape index (κ3) is 4.62. The van der Waals surface area contributed by atoms with E-state index < -0.39 is 17.6 Å². The van der Waals surface area contributed by atoms with Gasteiger partial charge in [-0.3, -0.25) is 13.9 Å². The van der Waals surface area contributed by atoms with Crippen LogP contribution < -0.4 is 26.2 Å². The van der Waals surface area contributed by atoms with E-state index in [9.17, 15) is 14.7 Å². The van der Waals surface area contributed by atoms with Gasteiger partial charge in [-0.25, -0.2) is 4.79 Å². The van der Waals surface area contributed by atoms with Crippen molar-refractivity contribution in [1.82, 2.24) is 9.13 Å². The number of rotatable bonds is 8. The lowest BCUT2D eigenvalue weighted by atomic mass is 10.2. The minimum atomic E-state index is -0.699. The van der Waals surface area contributed by atoms with E-state index in [-0.39, 0.29) is 13.2 Å². The summed E-state index contributed by atoms with van der Waals surface area (Å²) in [5, 5.41) is 13.0. The monoisotopic (exact) mass is 470 g/mol. The molecule has 9 heteroatoms. The quantitative estimate of drug-likeness (QED) is 0.526. The zero-order valence-electron chi connectivity index (χ0n) is 18.6. The van der Waals surface area contributed by atoms with E-state index in [4.69, 9.17) is 16.3 Å². The highest BCUT2D eigenvalue weighted by molar-refractivity contribution is 6.30. The predicted molar refractivity (Wildman–Crippen MR) is 129 cm³/mol. The van der Waals surface area contributed by atoms with Gasteiger partial charge in [-0.2, -0.15) is 0 Å². The first kappa shape index (κ1) is 22.9. The van der Waals surface area contributed by atoms with E-state index in [1.165, 1.54) is 10.1 Å². The number of hydrogen-bond acceptors (Lipinski definition) is 6. The molecule has 4 rings (SSSR count). The molecule has 1 unspecified atom stereocenters. The van der Waals surface area contributed by atoms with E-state index in [1.807, 2.05) is 41.3 Å². The Bertz CT molecular complexity index is 1240. The van der Waals surface area contributed by atoms with Gasteiger partial charge in [-0.15, -0.1) is 0 Å². The van der Waals surface area contributed by atoms with Gasteiger partial charge in [-0.1, -0.05) is 42.8 Å². The smallest absolute Gasteiger partial charge is 0.332 e. The summed E-state index contributed by atoms with van der Waals surface area (Å²) in [5.41, 5.74) is 1.60. The highest BCUT2D eigenvalue weighted by atomic mass is 35.5. The zero-order valence-corrected chi connectivity index (χ0v) is 19.4. The number of halogens is 1. The lowest BCUT2D eigenvalue weighted by Gasteiger charge is -2.26. The van der Waals surface area contributed by atoms with Crippen molar-refractivity contribution in [3.05, 3.63) is 85.5 Å². The highest BCUT2D eigenvalue weighted by Gasteiger charge is 2.36. The molecule has 0 aliphatic carbocycles. The van der Waals surface area contributed by atoms with Crippen molar-refractivity contribution in [2.45, 2.75) is 39.2 Å². The van der Waals surface area contributed by atoms with Crippen molar-refractivity contribution in [3.63, 3.8) is 0 Å². The standard InChI is InChI=1S/C24H27ClN4O4/c1-3-16-7-11-19(12-8-16)33-23-26-21-20(29(23)15-17-5-9-18(25)10-6-17)22(31)28(13-4-14-30)24(32)27(21)2/h5-12,23,26,30H,3-4,13-15H2,1-2H3. The fraction of sp³-hybridized carbons (Fsp3) is 0.333. The molecule has 0 radical (unpaired) electrons. The topological polar surface area (TPSA) is 88.7 Å². The molecule has 0 saturated heterocycles. The van der Waals surface area contributed by atoms with E-state index in [1.54, 1.807) is 19.2 Å². The molecule has 2 heterocycles. The van der Waals surface area contributed by atoms with Crippen molar-refractivity contribution < 1.29 is 9.84 Å². The fourth-order valence-corrected chi connectivity index (χ4v) is 4.01. The molecule has 2 N–H and O–H groups in total. The van der Waals surface area contributed by atoms with Crippen LogP contribution in [0.3, 0.4) is 0 Å². The number of benzene rings is 2. The van der Waals surface area contributed by atoms with E-state index in [0.717, 1.165) is 16.6 Å². The Labute approximate surface area is 196 Å². The number of anilines is 2. The summed E-state index contributed by atoms with van der Waals surface area (Å²) in [4.78, 5) is 28.0. The lowest BCUT2D eigenvalue weighted by molar-refractivity contribution is 0.227. The molecular formula is C24H27ClN4O4. The van der Waals surface area contributed by atoms with Crippen LogP contribution >= 0.6 is 11.6 Å². The SMILES string of the molecule is CCc1ccc(OC2Nc3c(c(=O)n(CCCO)c(=O)n3C)N2Cc2ccc(Cl)cc2)cc1. The summed E-state index contributed by atoms with van der Waals surface area (Å²) >= 11 is 6.04. The number of aliphatic hydroxyl groups is 1. The Morgan fingerprint density at radius 2 is 1.73 bits per heavy atom. The molecule has 2 aromatic carbocycles. The van der Waals surface area contributed by atoms with Gasteiger partial charge in [0.25, 0.3) is 11.9 Å². The first-order valence-electron chi connectivity index (χ1n) is 10.9. The van der Waals surface area contributed by atoms with Crippen molar-refractivity contribution in [2.24, 2.45) is 7.05 Å². The van der Waals surface area contributed by atoms with E-state index >= 15 is 0 Å². The molecule has 1 aromatic heterocycles. The molecule has 0 saturated carbocycles. The molecule has 8 nitrogen and oxygen atoms in total. The van der Waals surface area contributed by atoms with Crippen LogP contribution in [-0.2, 0) is 26.6 Å². The Morgan fingerprint density at radius 3 is 2.36 bits per heavy atom. The van der Waals surface area contributed by atoms with Gasteiger partial charge in [0.05, 0.1) is 0 Å². The van der Waals surface area contributed by atoms with Gasteiger partial charge in [0.2, 0.25) is 0 Å². The van der Waals surface area contributed by atoms with Crippen LogP contribution in [-0.4, -0.2) is 27.2 Å². The molecule has 1 atom stereocenters. The number of aliphatic hydroxyl groups excluding tert-OH is 1. The van der Waals surface area contributed by atoms with Crippen LogP contribution in [0.1, 0.15) is 24.5 Å². The third-order valence-electron chi connectivity index (χ3n) is 5.74. The molecule has 0 spiro atoms.